The smallest absolute Gasteiger partial charge is 0.248 e. The lowest BCUT2D eigenvalue weighted by atomic mass is 9.38. The molecule has 12 heteroatoms. The van der Waals surface area contributed by atoms with Crippen molar-refractivity contribution in [3.8, 4) is 16.6 Å². The first kappa shape index (κ1) is 84.5. The highest BCUT2D eigenvalue weighted by Crippen LogP contribution is 2.60. The van der Waals surface area contributed by atoms with Crippen molar-refractivity contribution in [3.63, 3.8) is 0 Å². The molecule has 1 aliphatic heterocycles. The molecule has 20 aromatic carbocycles. The molecule has 0 aliphatic carbocycles. The van der Waals surface area contributed by atoms with Gasteiger partial charge in [-0.1, -0.05) is 304 Å². The Morgan fingerprint density at radius 1 is 0.201 bits per heavy atom. The van der Waals surface area contributed by atoms with Gasteiger partial charge in [0, 0.05) is 168 Å². The van der Waals surface area contributed by atoms with E-state index in [0.717, 1.165) is 152 Å². The zero-order valence-electron chi connectivity index (χ0n) is 76.2. The van der Waals surface area contributed by atoms with Gasteiger partial charge in [0.25, 0.3) is 0 Å². The molecular weight excluding hydrogens is 1730 g/mol. The normalized spacial score (nSPS) is 11.7. The number of fused-ring (bicyclic) bond motifs is 15. The summed E-state index contributed by atoms with van der Waals surface area (Å²) in [6, 6.07) is 189. The van der Waals surface area contributed by atoms with Gasteiger partial charge < -0.3 is 42.7 Å². The van der Waals surface area contributed by atoms with Crippen LogP contribution in [0, 0.1) is 0 Å². The monoisotopic (exact) mass is 1820 g/mol. The maximum Gasteiger partial charge on any atom is 0.248 e. The molecule has 660 valence electrons. The summed E-state index contributed by atoms with van der Waals surface area (Å²) in [7, 11) is -1.35. The highest BCUT2D eigenvalue weighted by molar-refractivity contribution is 7.68. The molecule has 0 radical (unpaired) electrons. The molecule has 0 fully saturated rings. The lowest BCUT2D eigenvalue weighted by Gasteiger charge is -2.26. The van der Waals surface area contributed by atoms with Crippen LogP contribution in [-0.4, -0.2) is 6.71 Å². The molecule has 1 aliphatic rings. The predicted molar refractivity (Wildman–Crippen MR) is 591 cm³/mol. The van der Waals surface area contributed by atoms with Gasteiger partial charge in [-0.25, -0.2) is 0 Å². The van der Waals surface area contributed by atoms with Gasteiger partial charge in [0.05, 0.1) is 5.12 Å². The number of hydrogen-bond donors (Lipinski definition) is 0. The third kappa shape index (κ3) is 16.1. The van der Waals surface area contributed by atoms with E-state index >= 15 is 0 Å². The van der Waals surface area contributed by atoms with Crippen LogP contribution < -0.4 is 45.8 Å². The Hall–Kier alpha value is -17.5. The van der Waals surface area contributed by atoms with Gasteiger partial charge in [0.15, 0.2) is 0 Å². The topological polar surface area (TPSA) is 58.9 Å². The molecule has 0 bridgehead atoms. The fraction of sp³-hybridized carbons (Fsp3) is 0.00787. The van der Waals surface area contributed by atoms with E-state index in [-0.39, 0.29) is 6.71 Å². The Balaban J connectivity index is 0.000000114. The molecule has 26 rings (SSSR count). The van der Waals surface area contributed by atoms with Crippen LogP contribution in [0.1, 0.15) is 0 Å². The Bertz CT molecular complexity index is 8400. The number of rotatable bonds is 20. The van der Waals surface area contributed by atoms with Crippen molar-refractivity contribution >= 4 is 216 Å². The predicted octanol–water partition coefficient (Wildman–Crippen LogP) is 35.7. The molecular formula is C127H91BN6O3P2. The molecule has 0 saturated carbocycles. The zero-order valence-corrected chi connectivity index (χ0v) is 78.0. The van der Waals surface area contributed by atoms with Crippen LogP contribution in [0.25, 0.3) is 91.9 Å². The fourth-order valence-corrected chi connectivity index (χ4v) is 25.0. The van der Waals surface area contributed by atoms with E-state index in [1.54, 1.807) is 0 Å². The molecule has 6 heterocycles. The largest absolute Gasteiger partial charge is 0.457 e. The number of nitrogens with zero attached hydrogens (tertiary/aromatic N) is 6. The first-order valence-corrected chi connectivity index (χ1v) is 50.2. The quantitative estimate of drug-likeness (QED) is 0.0695. The van der Waals surface area contributed by atoms with Gasteiger partial charge in [0.1, 0.15) is 33.7 Å². The summed E-state index contributed by atoms with van der Waals surface area (Å²) in [5, 5.41) is 12.5. The van der Waals surface area contributed by atoms with Crippen LogP contribution in [-0.2, 0) is 6.66 Å². The second-order valence-electron chi connectivity index (χ2n) is 34.7. The summed E-state index contributed by atoms with van der Waals surface area (Å²) < 4.78 is 20.7. The molecule has 0 amide bonds. The van der Waals surface area contributed by atoms with E-state index in [2.05, 4.69) is 570 Å². The van der Waals surface area contributed by atoms with E-state index in [1.807, 2.05) is 0 Å². The fourth-order valence-electron chi connectivity index (χ4n) is 20.2. The van der Waals surface area contributed by atoms with Crippen molar-refractivity contribution in [3.05, 3.63) is 534 Å². The molecule has 9 nitrogen and oxygen atoms in total. The summed E-state index contributed by atoms with van der Waals surface area (Å²) >= 11 is 0. The van der Waals surface area contributed by atoms with Gasteiger partial charge in [0.2, 0.25) is 6.71 Å². The average molecular weight is 1820 g/mol. The highest BCUT2D eigenvalue weighted by Gasteiger charge is 2.40. The minimum absolute atomic E-state index is 0.0681. The summed E-state index contributed by atoms with van der Waals surface area (Å²) in [4.78, 5) is 13.8. The van der Waals surface area contributed by atoms with Gasteiger partial charge in [-0.05, 0) is 248 Å². The molecule has 0 spiro atoms. The lowest BCUT2D eigenvalue weighted by molar-refractivity contribution is 0.635. The maximum absolute atomic E-state index is 6.97. The van der Waals surface area contributed by atoms with Crippen molar-refractivity contribution < 1.29 is 13.3 Å². The van der Waals surface area contributed by atoms with E-state index in [0.29, 0.717) is 0 Å². The van der Waals surface area contributed by atoms with Gasteiger partial charge in [-0.2, -0.15) is 0 Å². The number of aryl methyl sites for hydroxylation is 1. The molecule has 0 N–H and O–H groups in total. The number of para-hydroxylation sites is 12. The van der Waals surface area contributed by atoms with Crippen LogP contribution in [0.5, 0.6) is 0 Å². The van der Waals surface area contributed by atoms with Crippen LogP contribution >= 0.6 is 15.1 Å². The third-order valence-electron chi connectivity index (χ3n) is 26.4. The van der Waals surface area contributed by atoms with Crippen LogP contribution in [0.3, 0.4) is 0 Å². The van der Waals surface area contributed by atoms with Gasteiger partial charge >= 0.3 is 0 Å². The van der Waals surface area contributed by atoms with Gasteiger partial charge in [-0.15, -0.1) is 7.53 Å². The maximum atomic E-state index is 6.97. The summed E-state index contributed by atoms with van der Waals surface area (Å²) in [5.41, 5.74) is 29.4. The number of benzene rings is 20. The Kier molecular flexibility index (Phi) is 22.7. The van der Waals surface area contributed by atoms with E-state index in [4.69, 9.17) is 13.3 Å². The standard InChI is InChI=1S/C44H31BN2O.C44H31N2OP.C39H29N2OP/c1-6-16-32(17-7-1)45-41-29-27-37(46(33-18-8-2-9-19-33)34-20-10-3-11-21-34)30-40(41)44-43(45)39-28-26-38(31-42(39)48-44)47(35-22-12-4-13-23-35)36-24-14-5-15-25-36;1-6-16-32(17-7-1)45(33-18-8-2-9-19-33)36-27-29-42-40(30-36)43-44(48(42)38-24-14-5-15-25-38)39-28-26-37(31-41(39)47-43)46(34-20-10-3-11-21-34)35-22-12-4-13-23-35;1-43-37-25-23-32(40(28-14-6-2-7-15-28)29-16-8-3-9-17-29)26-35(37)38-39(43)34-24-22-33(27-36(34)42-38)41(30-18-10-4-11-19-30)31-20-12-5-13-21-31/h2*1-31H;2-27H,1H3. The molecule has 5 aromatic heterocycles. The second-order valence-corrected chi connectivity index (χ2v) is 38.9. The van der Waals surface area contributed by atoms with Crippen molar-refractivity contribution in [2.75, 3.05) is 29.4 Å². The second kappa shape index (κ2) is 37.4. The summed E-state index contributed by atoms with van der Waals surface area (Å²) in [6.07, 6.45) is 0. The lowest BCUT2D eigenvalue weighted by Crippen LogP contribution is -2.48. The Morgan fingerprint density at radius 2 is 0.453 bits per heavy atom. The number of anilines is 18. The van der Waals surface area contributed by atoms with Crippen molar-refractivity contribution in [1.29, 1.82) is 0 Å². The number of furan rings is 3. The molecule has 139 heavy (non-hydrogen) atoms. The van der Waals surface area contributed by atoms with Crippen molar-refractivity contribution in [2.24, 2.45) is 6.66 Å². The van der Waals surface area contributed by atoms with Crippen LogP contribution in [0.2, 0.25) is 0 Å². The van der Waals surface area contributed by atoms with E-state index in [9.17, 15) is 0 Å². The minimum atomic E-state index is -0.813. The van der Waals surface area contributed by atoms with Crippen LogP contribution in [0.4, 0.5) is 102 Å². The van der Waals surface area contributed by atoms with E-state index < -0.39 is 15.1 Å². The molecule has 0 saturated heterocycles. The number of hydrogen-bond acceptors (Lipinski definition) is 9. The van der Waals surface area contributed by atoms with Gasteiger partial charge in [-0.3, -0.25) is 0 Å². The Morgan fingerprint density at radius 3 is 0.791 bits per heavy atom. The third-order valence-corrected chi connectivity index (χ3v) is 31.2. The molecule has 2 unspecified atom stereocenters. The zero-order chi connectivity index (χ0) is 92.5. The molecule has 2 atom stereocenters. The average Bonchev–Trinajstić information content (AvgIpc) is 1.56. The summed E-state index contributed by atoms with van der Waals surface area (Å²) in [6.45, 7) is 2.42. The first-order chi connectivity index (χ1) is 68.9. The molecule has 25 aromatic rings. The first-order valence-electron chi connectivity index (χ1n) is 47.1. The van der Waals surface area contributed by atoms with Crippen LogP contribution in [0.15, 0.2) is 547 Å². The Labute approximate surface area is 809 Å². The van der Waals surface area contributed by atoms with E-state index in [1.165, 1.54) is 58.3 Å². The van der Waals surface area contributed by atoms with Crippen molar-refractivity contribution in [1.82, 2.24) is 0 Å². The highest BCUT2D eigenvalue weighted by atomic mass is 31.1. The van der Waals surface area contributed by atoms with Crippen molar-refractivity contribution in [2.45, 2.75) is 0 Å². The summed E-state index contributed by atoms with van der Waals surface area (Å²) in [5.74, 6) is 0.944. The minimum Gasteiger partial charge on any atom is -0.457 e. The SMILES string of the molecule is Cp1c2ccc(N(c3ccccc3)c3ccccc3)cc2c2oc3cc(N(c4ccccc4)c4ccccc4)ccc3c21.c1ccc(B2c3ccc(N(c4ccccc4)c4ccccc4)cc3-c3oc4cc(N(c5ccccc5)c5ccccc5)ccc4c32)cc1.c1ccc(N(c2ccccc2)c2ccc3c(c2)oc2c4cc(N(c5ccccc5)c5ccccc5)ccc4p(-c4ccccc4)c32)cc1.